The molecule has 3 nitrogen and oxygen atoms in total. The van der Waals surface area contributed by atoms with Gasteiger partial charge in [0.1, 0.15) is 0 Å². The first kappa shape index (κ1) is 11.6. The van der Waals surface area contributed by atoms with Crippen LogP contribution in [0.25, 0.3) is 0 Å². The fourth-order valence-electron chi connectivity index (χ4n) is 1.58. The summed E-state index contributed by atoms with van der Waals surface area (Å²) < 4.78 is 3.11. The normalized spacial score (nSPS) is 12.7. The average Bonchev–Trinajstić information content (AvgIpc) is 2.77. The lowest BCUT2D eigenvalue weighted by Gasteiger charge is -2.09. The maximum Gasteiger partial charge on any atom is 0.0582 e. The Labute approximate surface area is 109 Å². The lowest BCUT2D eigenvalue weighted by atomic mass is 10.0. The van der Waals surface area contributed by atoms with E-state index in [0.717, 1.165) is 17.7 Å². The Morgan fingerprint density at radius 1 is 1.31 bits per heavy atom. The van der Waals surface area contributed by atoms with E-state index in [1.54, 1.807) is 0 Å². The molecule has 0 amide bonds. The number of aromatic nitrogens is 2. The zero-order valence-electron chi connectivity index (χ0n) is 9.10. The summed E-state index contributed by atoms with van der Waals surface area (Å²) in [6.07, 6.45) is 3.84. The molecule has 4 heteroatoms. The van der Waals surface area contributed by atoms with Gasteiger partial charge in [0.15, 0.2) is 0 Å². The molecule has 0 radical (unpaired) electrons. The zero-order valence-corrected chi connectivity index (χ0v) is 11.3. The van der Waals surface area contributed by atoms with Crippen LogP contribution < -0.4 is 5.73 Å². The molecule has 84 valence electrons. The number of aryl methyl sites for hydroxylation is 1. The summed E-state index contributed by atoms with van der Waals surface area (Å²) in [7, 11) is 0. The highest BCUT2D eigenvalue weighted by Gasteiger charge is 2.10. The maximum atomic E-state index is 6.18. The standard InChI is InChI=1S/C12H14IN3/c1-2-16-8-10(7-15-16)12(14)9-3-5-11(13)6-4-9/h3-8,12H,2,14H2,1H3. The van der Waals surface area contributed by atoms with E-state index in [1.165, 1.54) is 3.57 Å². The summed E-state index contributed by atoms with van der Waals surface area (Å²) >= 11 is 2.29. The van der Waals surface area contributed by atoms with Crippen LogP contribution in [0.3, 0.4) is 0 Å². The van der Waals surface area contributed by atoms with Gasteiger partial charge < -0.3 is 5.73 Å². The highest BCUT2D eigenvalue weighted by Crippen LogP contribution is 2.19. The van der Waals surface area contributed by atoms with Crippen LogP contribution in [0.1, 0.15) is 24.1 Å². The molecule has 0 saturated carbocycles. The first-order chi connectivity index (χ1) is 7.70. The third kappa shape index (κ3) is 2.44. The topological polar surface area (TPSA) is 43.8 Å². The Morgan fingerprint density at radius 2 is 2.00 bits per heavy atom. The van der Waals surface area contributed by atoms with Crippen molar-refractivity contribution in [2.24, 2.45) is 5.73 Å². The minimum absolute atomic E-state index is 0.0858. The predicted molar refractivity (Wildman–Crippen MR) is 73.1 cm³/mol. The molecule has 0 aliphatic rings. The molecule has 2 aromatic rings. The monoisotopic (exact) mass is 327 g/mol. The SMILES string of the molecule is CCn1cc(C(N)c2ccc(I)cc2)cn1. The van der Waals surface area contributed by atoms with Crippen LogP contribution in [0, 0.1) is 3.57 Å². The van der Waals surface area contributed by atoms with Gasteiger partial charge in [-0.15, -0.1) is 0 Å². The molecule has 0 aliphatic heterocycles. The predicted octanol–water partition coefficient (Wildman–Crippen LogP) is 2.56. The quantitative estimate of drug-likeness (QED) is 0.881. The summed E-state index contributed by atoms with van der Waals surface area (Å²) in [5.74, 6) is 0. The number of benzene rings is 1. The van der Waals surface area contributed by atoms with Crippen LogP contribution in [-0.4, -0.2) is 9.78 Å². The minimum Gasteiger partial charge on any atom is -0.320 e. The third-order valence-electron chi connectivity index (χ3n) is 2.57. The van der Waals surface area contributed by atoms with Gasteiger partial charge in [-0.3, -0.25) is 4.68 Å². The zero-order chi connectivity index (χ0) is 11.5. The van der Waals surface area contributed by atoms with E-state index < -0.39 is 0 Å². The average molecular weight is 327 g/mol. The molecule has 1 aromatic carbocycles. The van der Waals surface area contributed by atoms with Gasteiger partial charge in [-0.05, 0) is 47.2 Å². The van der Waals surface area contributed by atoms with Gasteiger partial charge in [-0.1, -0.05) is 12.1 Å². The van der Waals surface area contributed by atoms with Crippen molar-refractivity contribution in [1.29, 1.82) is 0 Å². The van der Waals surface area contributed by atoms with E-state index in [9.17, 15) is 0 Å². The Hall–Kier alpha value is -0.880. The lowest BCUT2D eigenvalue weighted by molar-refractivity contribution is 0.658. The highest BCUT2D eigenvalue weighted by atomic mass is 127. The minimum atomic E-state index is -0.0858. The Kier molecular flexibility index (Phi) is 3.60. The summed E-state index contributed by atoms with van der Waals surface area (Å²) in [5, 5.41) is 4.23. The summed E-state index contributed by atoms with van der Waals surface area (Å²) in [6, 6.07) is 8.18. The van der Waals surface area contributed by atoms with Crippen molar-refractivity contribution in [3.05, 3.63) is 51.4 Å². The van der Waals surface area contributed by atoms with Crippen molar-refractivity contribution in [1.82, 2.24) is 9.78 Å². The summed E-state index contributed by atoms with van der Waals surface area (Å²) in [5.41, 5.74) is 8.36. The molecule has 0 aliphatic carbocycles. The molecule has 2 N–H and O–H groups in total. The van der Waals surface area contributed by atoms with Crippen LogP contribution in [0.5, 0.6) is 0 Å². The van der Waals surface area contributed by atoms with E-state index in [0.29, 0.717) is 0 Å². The lowest BCUT2D eigenvalue weighted by Crippen LogP contribution is -2.11. The molecule has 2 rings (SSSR count). The van der Waals surface area contributed by atoms with E-state index in [-0.39, 0.29) is 6.04 Å². The second-order valence-electron chi connectivity index (χ2n) is 3.66. The van der Waals surface area contributed by atoms with Crippen molar-refractivity contribution < 1.29 is 0 Å². The van der Waals surface area contributed by atoms with Gasteiger partial charge in [-0.25, -0.2) is 0 Å². The van der Waals surface area contributed by atoms with Gasteiger partial charge in [0.05, 0.1) is 12.2 Å². The highest BCUT2D eigenvalue weighted by molar-refractivity contribution is 14.1. The Morgan fingerprint density at radius 3 is 2.56 bits per heavy atom. The van der Waals surface area contributed by atoms with Crippen molar-refractivity contribution in [3.8, 4) is 0 Å². The molecule has 1 atom stereocenters. The van der Waals surface area contributed by atoms with Gasteiger partial charge in [-0.2, -0.15) is 5.10 Å². The molecular weight excluding hydrogens is 313 g/mol. The fourth-order valence-corrected chi connectivity index (χ4v) is 1.94. The van der Waals surface area contributed by atoms with Crippen LogP contribution in [0.4, 0.5) is 0 Å². The number of rotatable bonds is 3. The van der Waals surface area contributed by atoms with Crippen LogP contribution >= 0.6 is 22.6 Å². The summed E-state index contributed by atoms with van der Waals surface area (Å²) in [4.78, 5) is 0. The van der Waals surface area contributed by atoms with E-state index in [4.69, 9.17) is 5.73 Å². The Balaban J connectivity index is 2.24. The first-order valence-corrected chi connectivity index (χ1v) is 6.32. The van der Waals surface area contributed by atoms with Gasteiger partial charge in [0.2, 0.25) is 0 Å². The molecule has 0 saturated heterocycles. The van der Waals surface area contributed by atoms with E-state index in [2.05, 4.69) is 58.9 Å². The summed E-state index contributed by atoms with van der Waals surface area (Å²) in [6.45, 7) is 2.94. The number of halogens is 1. The van der Waals surface area contributed by atoms with Crippen LogP contribution in [0.15, 0.2) is 36.7 Å². The third-order valence-corrected chi connectivity index (χ3v) is 3.28. The van der Waals surface area contributed by atoms with Gasteiger partial charge >= 0.3 is 0 Å². The molecule has 0 spiro atoms. The molecular formula is C12H14IN3. The van der Waals surface area contributed by atoms with Gasteiger partial charge in [0.25, 0.3) is 0 Å². The number of hydrogen-bond acceptors (Lipinski definition) is 2. The molecule has 1 unspecified atom stereocenters. The van der Waals surface area contributed by atoms with Crippen LogP contribution in [0.2, 0.25) is 0 Å². The second-order valence-corrected chi connectivity index (χ2v) is 4.90. The Bertz CT molecular complexity index is 461. The van der Waals surface area contributed by atoms with E-state index >= 15 is 0 Å². The number of hydrogen-bond donors (Lipinski definition) is 1. The van der Waals surface area contributed by atoms with Crippen molar-refractivity contribution in [2.75, 3.05) is 0 Å². The number of nitrogens with zero attached hydrogens (tertiary/aromatic N) is 2. The first-order valence-electron chi connectivity index (χ1n) is 5.24. The van der Waals surface area contributed by atoms with E-state index in [1.807, 2.05) is 17.1 Å². The smallest absolute Gasteiger partial charge is 0.0582 e. The number of nitrogens with two attached hydrogens (primary N) is 1. The largest absolute Gasteiger partial charge is 0.320 e. The second kappa shape index (κ2) is 4.97. The fraction of sp³-hybridized carbons (Fsp3) is 0.250. The van der Waals surface area contributed by atoms with Crippen molar-refractivity contribution >= 4 is 22.6 Å². The van der Waals surface area contributed by atoms with Crippen molar-refractivity contribution in [3.63, 3.8) is 0 Å². The molecule has 16 heavy (non-hydrogen) atoms. The molecule has 0 bridgehead atoms. The molecule has 1 aromatic heterocycles. The van der Waals surface area contributed by atoms with Crippen LogP contribution in [-0.2, 0) is 6.54 Å². The molecule has 0 fully saturated rings. The molecule has 1 heterocycles. The van der Waals surface area contributed by atoms with Gasteiger partial charge in [0, 0.05) is 21.9 Å². The van der Waals surface area contributed by atoms with Crippen molar-refractivity contribution in [2.45, 2.75) is 19.5 Å². The maximum absolute atomic E-state index is 6.18.